The highest BCUT2D eigenvalue weighted by Crippen LogP contribution is 2.58. The number of nitrogens with one attached hydrogen (secondary N) is 2. The molecule has 0 bridgehead atoms. The monoisotopic (exact) mass is 454 g/mol. The fourth-order valence-corrected chi connectivity index (χ4v) is 4.93. The van der Waals surface area contributed by atoms with Gasteiger partial charge in [0.2, 0.25) is 0 Å². The number of fused-ring (bicyclic) bond motifs is 2. The Morgan fingerprint density at radius 3 is 2.58 bits per heavy atom. The number of hydrogen-bond donors (Lipinski definition) is 4. The van der Waals surface area contributed by atoms with Crippen molar-refractivity contribution in [2.45, 2.75) is 51.1 Å². The summed E-state index contributed by atoms with van der Waals surface area (Å²) in [7, 11) is 0. The van der Waals surface area contributed by atoms with Crippen LogP contribution in [0.1, 0.15) is 58.4 Å². The highest BCUT2D eigenvalue weighted by atomic mass is 35.5. The molecule has 0 saturated carbocycles. The van der Waals surface area contributed by atoms with Gasteiger partial charge in [-0.2, -0.15) is 13.2 Å². The van der Waals surface area contributed by atoms with Crippen molar-refractivity contribution in [2.75, 3.05) is 5.32 Å². The maximum atomic E-state index is 14.3. The molecule has 0 spiro atoms. The van der Waals surface area contributed by atoms with Gasteiger partial charge in [0.1, 0.15) is 5.75 Å². The molecule has 166 valence electrons. The Labute approximate surface area is 182 Å². The first-order valence-corrected chi connectivity index (χ1v) is 10.2. The van der Waals surface area contributed by atoms with E-state index in [0.29, 0.717) is 27.9 Å². The number of benzene rings is 2. The summed E-state index contributed by atoms with van der Waals surface area (Å²) in [6.07, 6.45) is -4.96. The van der Waals surface area contributed by atoms with Crippen molar-refractivity contribution in [3.63, 3.8) is 0 Å². The largest absolute Gasteiger partial charge is 0.507 e. The van der Waals surface area contributed by atoms with Crippen molar-refractivity contribution in [1.82, 2.24) is 5.32 Å². The molecule has 4 atom stereocenters. The molecule has 0 fully saturated rings. The van der Waals surface area contributed by atoms with E-state index in [9.17, 15) is 28.2 Å². The zero-order chi connectivity index (χ0) is 22.9. The van der Waals surface area contributed by atoms with Gasteiger partial charge in [-0.05, 0) is 48.2 Å². The third-order valence-corrected chi connectivity index (χ3v) is 7.16. The summed E-state index contributed by atoms with van der Waals surface area (Å²) in [5.41, 5.74) is -0.916. The lowest BCUT2D eigenvalue weighted by Crippen LogP contribution is -2.60. The van der Waals surface area contributed by atoms with Crippen molar-refractivity contribution in [2.24, 2.45) is 5.92 Å². The molecule has 0 radical (unpaired) electrons. The fourth-order valence-electron chi connectivity index (χ4n) is 4.72. The third-order valence-electron chi connectivity index (χ3n) is 6.77. The molecule has 0 saturated heterocycles. The second-order valence-electron chi connectivity index (χ2n) is 8.37. The van der Waals surface area contributed by atoms with Crippen molar-refractivity contribution in [3.05, 3.63) is 57.1 Å². The van der Waals surface area contributed by atoms with Gasteiger partial charge in [0.25, 0.3) is 5.91 Å². The lowest BCUT2D eigenvalue weighted by atomic mass is 9.64. The zero-order valence-electron chi connectivity index (χ0n) is 17.1. The Morgan fingerprint density at radius 2 is 1.94 bits per heavy atom. The molecule has 1 aliphatic carbocycles. The summed E-state index contributed by atoms with van der Waals surface area (Å²) in [4.78, 5) is 11.8. The van der Waals surface area contributed by atoms with E-state index < -0.39 is 29.7 Å². The number of aromatic hydroxyl groups is 1. The number of phenolic OH excluding ortho intramolecular Hbond substituents is 1. The van der Waals surface area contributed by atoms with Crippen LogP contribution in [0.15, 0.2) is 24.3 Å². The Morgan fingerprint density at radius 1 is 1.26 bits per heavy atom. The molecule has 5 nitrogen and oxygen atoms in total. The van der Waals surface area contributed by atoms with Crippen LogP contribution in [-0.2, 0) is 6.54 Å². The standard InChI is InChI=1S/C22H22ClF3N2O3/c1-9-11(3)21(31,22(24,25)26)19(15-7-16(23)10(2)18(29)17(9)15)28-13-4-5-14-12(6-13)8-27-20(14)30/h4-7,9,11,19,28-29,31H,8H2,1-3H3,(H,27,30). The quantitative estimate of drug-likeness (QED) is 0.525. The Kier molecular flexibility index (Phi) is 4.94. The van der Waals surface area contributed by atoms with Gasteiger partial charge >= 0.3 is 6.18 Å². The predicted molar refractivity (Wildman–Crippen MR) is 110 cm³/mol. The summed E-state index contributed by atoms with van der Waals surface area (Å²) in [6.45, 7) is 4.74. The van der Waals surface area contributed by atoms with Gasteiger partial charge in [-0.25, -0.2) is 0 Å². The van der Waals surface area contributed by atoms with Crippen molar-refractivity contribution >= 4 is 23.2 Å². The van der Waals surface area contributed by atoms with Crippen LogP contribution < -0.4 is 10.6 Å². The van der Waals surface area contributed by atoms with Gasteiger partial charge in [-0.1, -0.05) is 25.4 Å². The molecule has 4 N–H and O–H groups in total. The third kappa shape index (κ3) is 3.07. The Hall–Kier alpha value is -2.45. The molecular weight excluding hydrogens is 433 g/mol. The minimum Gasteiger partial charge on any atom is -0.507 e. The van der Waals surface area contributed by atoms with Crippen LogP contribution in [0.25, 0.3) is 0 Å². The molecule has 2 aliphatic rings. The number of phenols is 1. The summed E-state index contributed by atoms with van der Waals surface area (Å²) in [5.74, 6) is -2.45. The average molecular weight is 455 g/mol. The van der Waals surface area contributed by atoms with Crippen LogP contribution in [-0.4, -0.2) is 27.9 Å². The molecule has 4 unspecified atom stereocenters. The summed E-state index contributed by atoms with van der Waals surface area (Å²) >= 11 is 6.21. The van der Waals surface area contributed by atoms with Gasteiger partial charge < -0.3 is 20.8 Å². The first-order valence-electron chi connectivity index (χ1n) is 9.86. The van der Waals surface area contributed by atoms with Crippen LogP contribution in [0.5, 0.6) is 5.75 Å². The van der Waals surface area contributed by atoms with Gasteiger partial charge in [0.05, 0.1) is 6.04 Å². The lowest BCUT2D eigenvalue weighted by molar-refractivity contribution is -0.289. The van der Waals surface area contributed by atoms with Gasteiger partial charge in [-0.15, -0.1) is 0 Å². The fraction of sp³-hybridized carbons (Fsp3) is 0.409. The highest BCUT2D eigenvalue weighted by Gasteiger charge is 2.66. The molecule has 31 heavy (non-hydrogen) atoms. The van der Waals surface area contributed by atoms with E-state index in [0.717, 1.165) is 0 Å². The second kappa shape index (κ2) is 7.03. The number of hydrogen-bond acceptors (Lipinski definition) is 4. The second-order valence-corrected chi connectivity index (χ2v) is 8.77. The summed E-state index contributed by atoms with van der Waals surface area (Å²) in [5, 5.41) is 27.4. The number of rotatable bonds is 2. The van der Waals surface area contributed by atoms with E-state index in [4.69, 9.17) is 11.6 Å². The topological polar surface area (TPSA) is 81.6 Å². The zero-order valence-corrected chi connectivity index (χ0v) is 17.8. The molecule has 9 heteroatoms. The number of anilines is 1. The van der Waals surface area contributed by atoms with E-state index in [1.165, 1.54) is 25.1 Å². The van der Waals surface area contributed by atoms with Crippen LogP contribution in [0.4, 0.5) is 18.9 Å². The number of aliphatic hydroxyl groups is 1. The maximum absolute atomic E-state index is 14.3. The van der Waals surface area contributed by atoms with Crippen molar-refractivity contribution in [1.29, 1.82) is 0 Å². The SMILES string of the molecule is Cc1c(Cl)cc2c(c1O)C(C)C(C)C(O)(C(F)(F)F)C2Nc1ccc2c(c1)CNC2=O. The minimum absolute atomic E-state index is 0.0909. The molecule has 1 heterocycles. The minimum atomic E-state index is -4.96. The average Bonchev–Trinajstić information content (AvgIpc) is 3.07. The number of halogens is 4. The molecule has 4 rings (SSSR count). The van der Waals surface area contributed by atoms with E-state index in [1.54, 1.807) is 19.9 Å². The first kappa shape index (κ1) is 21.8. The first-order chi connectivity index (χ1) is 14.4. The van der Waals surface area contributed by atoms with Gasteiger partial charge in [0, 0.05) is 39.9 Å². The molecule has 1 aliphatic heterocycles. The maximum Gasteiger partial charge on any atom is 0.419 e. The number of amides is 1. The summed E-state index contributed by atoms with van der Waals surface area (Å²) < 4.78 is 42.9. The van der Waals surface area contributed by atoms with Crippen LogP contribution in [0, 0.1) is 12.8 Å². The number of carbonyl (C=O) groups excluding carboxylic acids is 1. The van der Waals surface area contributed by atoms with E-state index in [2.05, 4.69) is 10.6 Å². The highest BCUT2D eigenvalue weighted by molar-refractivity contribution is 6.31. The molecule has 1 amide bonds. The van der Waals surface area contributed by atoms with E-state index in [-0.39, 0.29) is 28.8 Å². The molecule has 0 aromatic heterocycles. The van der Waals surface area contributed by atoms with Crippen molar-refractivity contribution < 1.29 is 28.2 Å². The Balaban J connectivity index is 1.91. The molecule has 2 aromatic carbocycles. The number of carbonyl (C=O) groups is 1. The number of alkyl halides is 3. The summed E-state index contributed by atoms with van der Waals surface area (Å²) in [6, 6.07) is 4.37. The normalized spacial score (nSPS) is 27.5. The van der Waals surface area contributed by atoms with E-state index >= 15 is 0 Å². The Bertz CT molecular complexity index is 1090. The van der Waals surface area contributed by atoms with E-state index in [1.807, 2.05) is 0 Å². The lowest BCUT2D eigenvalue weighted by Gasteiger charge is -2.49. The predicted octanol–water partition coefficient (Wildman–Crippen LogP) is 4.80. The van der Waals surface area contributed by atoms with Crippen LogP contribution in [0.2, 0.25) is 5.02 Å². The van der Waals surface area contributed by atoms with Crippen LogP contribution in [0.3, 0.4) is 0 Å². The van der Waals surface area contributed by atoms with Crippen molar-refractivity contribution in [3.8, 4) is 5.75 Å². The van der Waals surface area contributed by atoms with Crippen LogP contribution >= 0.6 is 11.6 Å². The molecular formula is C22H22ClF3N2O3. The molecule has 2 aromatic rings. The van der Waals surface area contributed by atoms with Gasteiger partial charge in [-0.3, -0.25) is 4.79 Å². The smallest absolute Gasteiger partial charge is 0.419 e. The van der Waals surface area contributed by atoms with Gasteiger partial charge in [0.15, 0.2) is 5.60 Å².